The maximum Gasteiger partial charge on any atom is 0.258 e. The van der Waals surface area contributed by atoms with Crippen molar-refractivity contribution in [1.82, 2.24) is 19.9 Å². The standard InChI is InChI=1S/C12H13ClN4O3/c13-10-9(1-6-20-10)11(18)16-4-2-12(19,7-16)8-17-5-3-14-15-17/h1,3,5-6,19H,2,4,7-8H2. The fraction of sp³-hybridized carbons (Fsp3) is 0.417. The summed E-state index contributed by atoms with van der Waals surface area (Å²) in [6.45, 7) is 0.995. The van der Waals surface area contributed by atoms with Gasteiger partial charge in [-0.25, -0.2) is 4.68 Å². The zero-order chi connectivity index (χ0) is 14.2. The van der Waals surface area contributed by atoms with Gasteiger partial charge in [0.15, 0.2) is 0 Å². The molecular formula is C12H13ClN4O3. The number of furan rings is 1. The average molecular weight is 297 g/mol. The Bertz CT molecular complexity index is 612. The lowest BCUT2D eigenvalue weighted by molar-refractivity contribution is 0.0266. The van der Waals surface area contributed by atoms with Crippen molar-refractivity contribution in [3.05, 3.63) is 35.5 Å². The van der Waals surface area contributed by atoms with Crippen LogP contribution < -0.4 is 0 Å². The number of amides is 1. The second-order valence-electron chi connectivity index (χ2n) is 4.91. The lowest BCUT2D eigenvalue weighted by Gasteiger charge is -2.22. The number of rotatable bonds is 3. The van der Waals surface area contributed by atoms with Gasteiger partial charge in [-0.05, 0) is 24.1 Å². The van der Waals surface area contributed by atoms with Crippen LogP contribution >= 0.6 is 11.6 Å². The summed E-state index contributed by atoms with van der Waals surface area (Å²) in [4.78, 5) is 13.8. The van der Waals surface area contributed by atoms with Gasteiger partial charge in [0.1, 0.15) is 5.60 Å². The maximum absolute atomic E-state index is 12.3. The third kappa shape index (κ3) is 2.41. The molecule has 2 aromatic heterocycles. The molecule has 0 radical (unpaired) electrons. The number of aromatic nitrogens is 3. The molecule has 106 valence electrons. The Balaban J connectivity index is 1.70. The smallest absolute Gasteiger partial charge is 0.258 e. The number of aliphatic hydroxyl groups is 1. The van der Waals surface area contributed by atoms with E-state index in [1.165, 1.54) is 12.3 Å². The summed E-state index contributed by atoms with van der Waals surface area (Å²) in [5, 5.41) is 18.1. The predicted molar refractivity (Wildman–Crippen MR) is 69.2 cm³/mol. The lowest BCUT2D eigenvalue weighted by Crippen LogP contribution is -2.39. The van der Waals surface area contributed by atoms with E-state index in [1.807, 2.05) is 0 Å². The molecule has 1 aliphatic heterocycles. The molecule has 0 aromatic carbocycles. The number of hydrogen-bond donors (Lipinski definition) is 1. The molecule has 7 nitrogen and oxygen atoms in total. The third-order valence-electron chi connectivity index (χ3n) is 3.40. The highest BCUT2D eigenvalue weighted by Gasteiger charge is 2.39. The highest BCUT2D eigenvalue weighted by Crippen LogP contribution is 2.26. The summed E-state index contributed by atoms with van der Waals surface area (Å²) < 4.78 is 6.47. The first-order chi connectivity index (χ1) is 9.57. The molecule has 0 saturated carbocycles. The summed E-state index contributed by atoms with van der Waals surface area (Å²) in [7, 11) is 0. The van der Waals surface area contributed by atoms with Gasteiger partial charge >= 0.3 is 0 Å². The van der Waals surface area contributed by atoms with E-state index in [1.54, 1.807) is 22.0 Å². The van der Waals surface area contributed by atoms with E-state index in [9.17, 15) is 9.90 Å². The van der Waals surface area contributed by atoms with Gasteiger partial charge in [0.25, 0.3) is 5.91 Å². The van der Waals surface area contributed by atoms with Gasteiger partial charge in [0.2, 0.25) is 5.22 Å². The number of hydrogen-bond acceptors (Lipinski definition) is 5. The van der Waals surface area contributed by atoms with Crippen LogP contribution in [0.5, 0.6) is 0 Å². The van der Waals surface area contributed by atoms with Crippen LogP contribution in [-0.4, -0.2) is 49.6 Å². The number of carbonyl (C=O) groups is 1. The number of nitrogens with zero attached hydrogens (tertiary/aromatic N) is 4. The van der Waals surface area contributed by atoms with Crippen molar-refractivity contribution in [3.63, 3.8) is 0 Å². The van der Waals surface area contributed by atoms with E-state index >= 15 is 0 Å². The Morgan fingerprint density at radius 1 is 1.60 bits per heavy atom. The molecule has 1 N–H and O–H groups in total. The van der Waals surface area contributed by atoms with Crippen molar-refractivity contribution >= 4 is 17.5 Å². The van der Waals surface area contributed by atoms with Crippen LogP contribution in [-0.2, 0) is 6.54 Å². The largest absolute Gasteiger partial charge is 0.452 e. The van der Waals surface area contributed by atoms with Crippen LogP contribution in [0.3, 0.4) is 0 Å². The molecule has 3 heterocycles. The minimum absolute atomic E-state index is 0.0710. The molecule has 1 amide bonds. The zero-order valence-electron chi connectivity index (χ0n) is 10.6. The minimum atomic E-state index is -1.00. The van der Waals surface area contributed by atoms with Crippen LogP contribution in [0, 0.1) is 0 Å². The summed E-state index contributed by atoms with van der Waals surface area (Å²) in [6, 6.07) is 1.53. The average Bonchev–Trinajstić information content (AvgIpc) is 3.11. The summed E-state index contributed by atoms with van der Waals surface area (Å²) in [5.74, 6) is -0.238. The van der Waals surface area contributed by atoms with Crippen LogP contribution in [0.15, 0.2) is 29.1 Å². The molecule has 0 spiro atoms. The van der Waals surface area contributed by atoms with Crippen LogP contribution in [0.4, 0.5) is 0 Å². The molecule has 0 bridgehead atoms. The van der Waals surface area contributed by atoms with Gasteiger partial charge in [-0.2, -0.15) is 0 Å². The molecular weight excluding hydrogens is 284 g/mol. The lowest BCUT2D eigenvalue weighted by atomic mass is 10.0. The van der Waals surface area contributed by atoms with Gasteiger partial charge in [-0.3, -0.25) is 4.79 Å². The Kier molecular flexibility index (Phi) is 3.23. The predicted octanol–water partition coefficient (Wildman–Crippen LogP) is 0.802. The van der Waals surface area contributed by atoms with Crippen LogP contribution in [0.1, 0.15) is 16.8 Å². The molecule has 0 aliphatic carbocycles. The summed E-state index contributed by atoms with van der Waals surface area (Å²) in [6.07, 6.45) is 5.07. The van der Waals surface area contributed by atoms with E-state index < -0.39 is 5.60 Å². The normalized spacial score (nSPS) is 22.4. The minimum Gasteiger partial charge on any atom is -0.452 e. The number of β-amino-alcohol motifs (C(OH)–C–C–N with tert-alkyl or cyclic N) is 1. The molecule has 1 unspecified atom stereocenters. The van der Waals surface area contributed by atoms with Gasteiger partial charge in [-0.1, -0.05) is 5.21 Å². The van der Waals surface area contributed by atoms with Crippen LogP contribution in [0.2, 0.25) is 5.22 Å². The van der Waals surface area contributed by atoms with E-state index in [-0.39, 0.29) is 17.7 Å². The molecule has 8 heteroatoms. The molecule has 1 atom stereocenters. The highest BCUT2D eigenvalue weighted by atomic mass is 35.5. The molecule has 3 rings (SSSR count). The van der Waals surface area contributed by atoms with Gasteiger partial charge in [-0.15, -0.1) is 5.10 Å². The van der Waals surface area contributed by atoms with Crippen molar-refractivity contribution in [2.45, 2.75) is 18.6 Å². The Morgan fingerprint density at radius 2 is 2.45 bits per heavy atom. The van der Waals surface area contributed by atoms with Gasteiger partial charge in [0, 0.05) is 12.7 Å². The maximum atomic E-state index is 12.3. The fourth-order valence-corrected chi connectivity index (χ4v) is 2.59. The zero-order valence-corrected chi connectivity index (χ0v) is 11.3. The third-order valence-corrected chi connectivity index (χ3v) is 3.69. The second kappa shape index (κ2) is 4.92. The van der Waals surface area contributed by atoms with Crippen molar-refractivity contribution in [3.8, 4) is 0 Å². The first-order valence-electron chi connectivity index (χ1n) is 6.16. The van der Waals surface area contributed by atoms with Crippen molar-refractivity contribution < 1.29 is 14.3 Å². The first-order valence-corrected chi connectivity index (χ1v) is 6.54. The fourth-order valence-electron chi connectivity index (χ4n) is 2.39. The van der Waals surface area contributed by atoms with E-state index in [4.69, 9.17) is 16.0 Å². The molecule has 2 aromatic rings. The Morgan fingerprint density at radius 3 is 3.10 bits per heavy atom. The van der Waals surface area contributed by atoms with Crippen LogP contribution in [0.25, 0.3) is 0 Å². The topological polar surface area (TPSA) is 84.4 Å². The SMILES string of the molecule is O=C(c1ccoc1Cl)N1CCC(O)(Cn2ccnn2)C1. The molecule has 1 aliphatic rings. The number of carbonyl (C=O) groups excluding carboxylic acids is 1. The molecule has 1 saturated heterocycles. The summed E-state index contributed by atoms with van der Waals surface area (Å²) in [5.41, 5.74) is -0.684. The molecule has 1 fully saturated rings. The van der Waals surface area contributed by atoms with Gasteiger partial charge in [0.05, 0.1) is 31.1 Å². The van der Waals surface area contributed by atoms with E-state index in [0.717, 1.165) is 0 Å². The first kappa shape index (κ1) is 13.1. The number of likely N-dealkylation sites (tertiary alicyclic amines) is 1. The van der Waals surface area contributed by atoms with Crippen molar-refractivity contribution in [2.24, 2.45) is 0 Å². The van der Waals surface area contributed by atoms with E-state index in [0.29, 0.717) is 25.1 Å². The summed E-state index contributed by atoms with van der Waals surface area (Å²) >= 11 is 5.80. The highest BCUT2D eigenvalue weighted by molar-refractivity contribution is 6.32. The molecule has 20 heavy (non-hydrogen) atoms. The van der Waals surface area contributed by atoms with E-state index in [2.05, 4.69) is 10.3 Å². The Hall–Kier alpha value is -1.86. The van der Waals surface area contributed by atoms with Crippen molar-refractivity contribution in [1.29, 1.82) is 0 Å². The monoisotopic (exact) mass is 296 g/mol. The van der Waals surface area contributed by atoms with Gasteiger partial charge < -0.3 is 14.4 Å². The van der Waals surface area contributed by atoms with Crippen molar-refractivity contribution in [2.75, 3.05) is 13.1 Å². The Labute approximate surface area is 119 Å². The number of halogens is 1. The second-order valence-corrected chi connectivity index (χ2v) is 5.25. The quantitative estimate of drug-likeness (QED) is 0.906.